The van der Waals surface area contributed by atoms with Gasteiger partial charge >= 0.3 is 0 Å². The van der Waals surface area contributed by atoms with Gasteiger partial charge in [-0.2, -0.15) is 0 Å². The van der Waals surface area contributed by atoms with Crippen LogP contribution in [0, 0.1) is 0 Å². The van der Waals surface area contributed by atoms with E-state index in [9.17, 15) is 0 Å². The summed E-state index contributed by atoms with van der Waals surface area (Å²) in [5.41, 5.74) is 4.51. The van der Waals surface area contributed by atoms with Gasteiger partial charge in [0, 0.05) is 39.3 Å². The van der Waals surface area contributed by atoms with Gasteiger partial charge in [-0.15, -0.1) is 0 Å². The van der Waals surface area contributed by atoms with Gasteiger partial charge in [0.25, 0.3) is 0 Å². The van der Waals surface area contributed by atoms with E-state index in [4.69, 9.17) is 0 Å². The molecule has 0 aliphatic carbocycles. The molecule has 3 heteroatoms. The van der Waals surface area contributed by atoms with Crippen molar-refractivity contribution >= 4 is 0 Å². The summed E-state index contributed by atoms with van der Waals surface area (Å²) in [4.78, 5) is 2.54. The van der Waals surface area contributed by atoms with Gasteiger partial charge in [-0.1, -0.05) is 18.2 Å². The smallest absolute Gasteiger partial charge is 0.0234 e. The third kappa shape index (κ3) is 2.68. The summed E-state index contributed by atoms with van der Waals surface area (Å²) in [6.45, 7) is 7.90. The highest BCUT2D eigenvalue weighted by Gasteiger charge is 2.12. The normalized spacial score (nSPS) is 21.2. The molecule has 2 aliphatic heterocycles. The lowest BCUT2D eigenvalue weighted by Gasteiger charge is -2.27. The number of hydrogen-bond acceptors (Lipinski definition) is 3. The van der Waals surface area contributed by atoms with Crippen LogP contribution in [0.2, 0.25) is 0 Å². The van der Waals surface area contributed by atoms with E-state index >= 15 is 0 Å². The molecular weight excluding hydrogens is 210 g/mol. The Balaban J connectivity index is 1.70. The minimum Gasteiger partial charge on any atom is -0.314 e. The van der Waals surface area contributed by atoms with E-state index in [1.807, 2.05) is 0 Å². The van der Waals surface area contributed by atoms with Crippen molar-refractivity contribution in [2.45, 2.75) is 19.5 Å². The second-order valence-corrected chi connectivity index (χ2v) is 5.06. The lowest BCUT2D eigenvalue weighted by Crippen LogP contribution is -2.42. The van der Waals surface area contributed by atoms with Crippen molar-refractivity contribution in [3.8, 4) is 0 Å². The topological polar surface area (TPSA) is 27.3 Å². The molecule has 3 rings (SSSR count). The van der Waals surface area contributed by atoms with Crippen LogP contribution >= 0.6 is 0 Å². The average Bonchev–Trinajstić information content (AvgIpc) is 2.40. The van der Waals surface area contributed by atoms with Crippen molar-refractivity contribution in [3.05, 3.63) is 34.9 Å². The van der Waals surface area contributed by atoms with Gasteiger partial charge in [0.05, 0.1) is 0 Å². The van der Waals surface area contributed by atoms with Crippen molar-refractivity contribution in [1.29, 1.82) is 0 Å². The van der Waals surface area contributed by atoms with Gasteiger partial charge in [-0.3, -0.25) is 4.90 Å². The van der Waals surface area contributed by atoms with E-state index in [1.54, 1.807) is 0 Å². The number of rotatable bonds is 2. The molecule has 0 spiro atoms. The molecule has 1 saturated heterocycles. The van der Waals surface area contributed by atoms with Gasteiger partial charge in [-0.25, -0.2) is 0 Å². The highest BCUT2D eigenvalue weighted by Crippen LogP contribution is 2.17. The Morgan fingerprint density at radius 1 is 1.00 bits per heavy atom. The van der Waals surface area contributed by atoms with Crippen LogP contribution in [0.1, 0.15) is 16.7 Å². The molecule has 92 valence electrons. The second-order valence-electron chi connectivity index (χ2n) is 5.06. The van der Waals surface area contributed by atoms with Crippen molar-refractivity contribution in [2.75, 3.05) is 32.7 Å². The first-order valence-electron chi connectivity index (χ1n) is 6.66. The standard InChI is InChI=1S/C14H21N3/c1-2-13-3-4-16-10-14(13)9-12(1)11-17-7-5-15-6-8-17/h1-2,9,15-16H,3-8,10-11H2. The Hall–Kier alpha value is -0.900. The van der Waals surface area contributed by atoms with Gasteiger partial charge < -0.3 is 10.6 Å². The van der Waals surface area contributed by atoms with E-state index in [0.717, 1.165) is 32.7 Å². The van der Waals surface area contributed by atoms with Gasteiger partial charge in [0.2, 0.25) is 0 Å². The summed E-state index contributed by atoms with van der Waals surface area (Å²) in [5, 5.41) is 6.85. The quantitative estimate of drug-likeness (QED) is 0.786. The van der Waals surface area contributed by atoms with Crippen molar-refractivity contribution in [3.63, 3.8) is 0 Å². The highest BCUT2D eigenvalue weighted by atomic mass is 15.2. The van der Waals surface area contributed by atoms with Crippen molar-refractivity contribution in [2.24, 2.45) is 0 Å². The number of hydrogen-bond donors (Lipinski definition) is 2. The number of nitrogens with one attached hydrogen (secondary N) is 2. The minimum absolute atomic E-state index is 1.05. The van der Waals surface area contributed by atoms with Crippen LogP contribution in [-0.2, 0) is 19.5 Å². The summed E-state index contributed by atoms with van der Waals surface area (Å²) in [6, 6.07) is 7.03. The fraction of sp³-hybridized carbons (Fsp3) is 0.571. The molecule has 2 heterocycles. The van der Waals surface area contributed by atoms with Crippen molar-refractivity contribution < 1.29 is 0 Å². The SMILES string of the molecule is c1cc2c(cc1CN1CCNCC1)CNCC2. The van der Waals surface area contributed by atoms with Gasteiger partial charge in [0.1, 0.15) is 0 Å². The first-order chi connectivity index (χ1) is 8.42. The summed E-state index contributed by atoms with van der Waals surface area (Å²) in [5.74, 6) is 0. The predicted octanol–water partition coefficient (Wildman–Crippen LogP) is 0.738. The van der Waals surface area contributed by atoms with Crippen LogP contribution < -0.4 is 10.6 Å². The average molecular weight is 231 g/mol. The molecule has 2 aliphatic rings. The van der Waals surface area contributed by atoms with E-state index in [2.05, 4.69) is 33.7 Å². The number of fused-ring (bicyclic) bond motifs is 1. The van der Waals surface area contributed by atoms with Gasteiger partial charge in [0.15, 0.2) is 0 Å². The van der Waals surface area contributed by atoms with Gasteiger partial charge in [-0.05, 0) is 29.7 Å². The Morgan fingerprint density at radius 2 is 1.88 bits per heavy atom. The zero-order valence-electron chi connectivity index (χ0n) is 10.3. The molecule has 0 saturated carbocycles. The number of benzene rings is 1. The van der Waals surface area contributed by atoms with Crippen molar-refractivity contribution in [1.82, 2.24) is 15.5 Å². The molecule has 17 heavy (non-hydrogen) atoms. The lowest BCUT2D eigenvalue weighted by molar-refractivity contribution is 0.233. The first-order valence-corrected chi connectivity index (χ1v) is 6.66. The van der Waals surface area contributed by atoms with E-state index in [0.29, 0.717) is 0 Å². The Kier molecular flexibility index (Phi) is 3.41. The van der Waals surface area contributed by atoms with Crippen LogP contribution in [0.5, 0.6) is 0 Å². The zero-order chi connectivity index (χ0) is 11.5. The van der Waals surface area contributed by atoms with Crippen LogP contribution in [0.3, 0.4) is 0 Å². The molecule has 0 unspecified atom stereocenters. The molecule has 1 aromatic carbocycles. The fourth-order valence-electron chi connectivity index (χ4n) is 2.76. The largest absolute Gasteiger partial charge is 0.314 e. The third-order valence-corrected chi connectivity index (χ3v) is 3.77. The van der Waals surface area contributed by atoms with E-state index < -0.39 is 0 Å². The molecule has 0 bridgehead atoms. The highest BCUT2D eigenvalue weighted by molar-refractivity contribution is 5.33. The maximum atomic E-state index is 3.45. The summed E-state index contributed by atoms with van der Waals surface area (Å²) >= 11 is 0. The molecule has 0 atom stereocenters. The fourth-order valence-corrected chi connectivity index (χ4v) is 2.76. The maximum Gasteiger partial charge on any atom is 0.0234 e. The zero-order valence-corrected chi connectivity index (χ0v) is 10.3. The lowest BCUT2D eigenvalue weighted by atomic mass is 9.98. The maximum absolute atomic E-state index is 3.45. The van der Waals surface area contributed by atoms with Crippen LogP contribution in [-0.4, -0.2) is 37.6 Å². The third-order valence-electron chi connectivity index (χ3n) is 3.77. The molecular formula is C14H21N3. The van der Waals surface area contributed by atoms with Crippen LogP contribution in [0.25, 0.3) is 0 Å². The molecule has 3 nitrogen and oxygen atoms in total. The van der Waals surface area contributed by atoms with E-state index in [-0.39, 0.29) is 0 Å². The molecule has 1 aromatic rings. The van der Waals surface area contributed by atoms with Crippen LogP contribution in [0.4, 0.5) is 0 Å². The van der Waals surface area contributed by atoms with Crippen LogP contribution in [0.15, 0.2) is 18.2 Å². The predicted molar refractivity (Wildman–Crippen MR) is 70.0 cm³/mol. The Bertz CT molecular complexity index is 383. The van der Waals surface area contributed by atoms with E-state index in [1.165, 1.54) is 36.2 Å². The summed E-state index contributed by atoms with van der Waals surface area (Å²) in [6.07, 6.45) is 1.18. The number of piperazine rings is 1. The monoisotopic (exact) mass is 231 g/mol. The molecule has 0 radical (unpaired) electrons. The Labute approximate surface area is 103 Å². The number of nitrogens with zero attached hydrogens (tertiary/aromatic N) is 1. The molecule has 1 fully saturated rings. The molecule has 2 N–H and O–H groups in total. The Morgan fingerprint density at radius 3 is 2.76 bits per heavy atom. The summed E-state index contributed by atoms with van der Waals surface area (Å²) < 4.78 is 0. The first kappa shape index (κ1) is 11.2. The molecule has 0 aromatic heterocycles. The molecule has 0 amide bonds. The summed E-state index contributed by atoms with van der Waals surface area (Å²) in [7, 11) is 0. The second kappa shape index (κ2) is 5.17. The minimum atomic E-state index is 1.05.